The van der Waals surface area contributed by atoms with Crippen molar-refractivity contribution < 1.29 is 4.74 Å². The van der Waals surface area contributed by atoms with Crippen molar-refractivity contribution in [1.82, 2.24) is 4.98 Å². The van der Waals surface area contributed by atoms with E-state index in [1.807, 2.05) is 12.1 Å². The molecule has 0 aliphatic carbocycles. The zero-order chi connectivity index (χ0) is 14.7. The first-order chi connectivity index (χ1) is 10.3. The minimum Gasteiger partial charge on any atom is -0.376 e. The average Bonchev–Trinajstić information content (AvgIpc) is 3.04. The van der Waals surface area contributed by atoms with Crippen molar-refractivity contribution in [3.8, 4) is 0 Å². The first kappa shape index (κ1) is 14.6. The van der Waals surface area contributed by atoms with Crippen molar-refractivity contribution in [2.45, 2.75) is 31.7 Å². The molecule has 0 radical (unpaired) electrons. The summed E-state index contributed by atoms with van der Waals surface area (Å²) in [5, 5.41) is 1.14. The molecule has 3 nitrogen and oxygen atoms in total. The van der Waals surface area contributed by atoms with Crippen LogP contribution in [0.1, 0.15) is 25.3 Å². The lowest BCUT2D eigenvalue weighted by molar-refractivity contribution is 0.115. The Morgan fingerprint density at radius 2 is 2.24 bits per heavy atom. The zero-order valence-corrected chi connectivity index (χ0v) is 13.1. The Balaban J connectivity index is 1.95. The molecule has 0 bridgehead atoms. The molecule has 1 unspecified atom stereocenters. The fourth-order valence-corrected chi connectivity index (χ4v) is 3.12. The van der Waals surface area contributed by atoms with E-state index in [2.05, 4.69) is 30.0 Å². The topological polar surface area (TPSA) is 25.4 Å². The molecule has 4 heteroatoms. The summed E-state index contributed by atoms with van der Waals surface area (Å²) in [5.41, 5.74) is 2.11. The lowest BCUT2D eigenvalue weighted by Crippen LogP contribution is -2.33. The molecule has 1 aromatic heterocycles. The van der Waals surface area contributed by atoms with Gasteiger partial charge in [0.25, 0.3) is 0 Å². The Hall–Kier alpha value is -1.32. The summed E-state index contributed by atoms with van der Waals surface area (Å²) in [5.74, 6) is 1.48. The normalized spacial score (nSPS) is 18.3. The van der Waals surface area contributed by atoms with Gasteiger partial charge in [0.1, 0.15) is 5.82 Å². The smallest absolute Gasteiger partial charge is 0.133 e. The monoisotopic (exact) mass is 304 g/mol. The molecule has 1 aliphatic heterocycles. The van der Waals surface area contributed by atoms with E-state index in [0.717, 1.165) is 54.8 Å². The van der Waals surface area contributed by atoms with Crippen LogP contribution in [0.2, 0.25) is 0 Å². The summed E-state index contributed by atoms with van der Waals surface area (Å²) in [7, 11) is 0. The average molecular weight is 305 g/mol. The maximum atomic E-state index is 6.15. The molecule has 21 heavy (non-hydrogen) atoms. The van der Waals surface area contributed by atoms with E-state index in [0.29, 0.717) is 12.0 Å². The van der Waals surface area contributed by atoms with Gasteiger partial charge in [-0.1, -0.05) is 18.2 Å². The fraction of sp³-hybridized carbons (Fsp3) is 0.471. The standard InChI is InChI=1S/C17H21ClN2O/c1-2-20(12-15-7-5-9-21-15)17-14(11-18)10-13-6-3-4-8-16(13)19-17/h3-4,6,8,10,15H,2,5,7,9,11-12H2,1H3. The van der Waals surface area contributed by atoms with E-state index >= 15 is 0 Å². The van der Waals surface area contributed by atoms with Crippen molar-refractivity contribution in [3.63, 3.8) is 0 Å². The maximum absolute atomic E-state index is 6.15. The number of rotatable bonds is 5. The highest BCUT2D eigenvalue weighted by Gasteiger charge is 2.21. The molecule has 2 aromatic rings. The molecule has 0 saturated carbocycles. The van der Waals surface area contributed by atoms with E-state index in [1.165, 1.54) is 0 Å². The molecule has 2 heterocycles. The van der Waals surface area contributed by atoms with Crippen LogP contribution >= 0.6 is 11.6 Å². The van der Waals surface area contributed by atoms with E-state index in [-0.39, 0.29) is 0 Å². The Labute approximate surface area is 130 Å². The van der Waals surface area contributed by atoms with Crippen LogP contribution < -0.4 is 4.90 Å². The lowest BCUT2D eigenvalue weighted by atomic mass is 10.1. The molecule has 3 rings (SSSR count). The van der Waals surface area contributed by atoms with Gasteiger partial charge in [-0.05, 0) is 31.9 Å². The second-order valence-electron chi connectivity index (χ2n) is 5.47. The maximum Gasteiger partial charge on any atom is 0.133 e. The SMILES string of the molecule is CCN(CC1CCCO1)c1nc2ccccc2cc1CCl. The number of nitrogens with zero attached hydrogens (tertiary/aromatic N) is 2. The number of halogens is 1. The number of likely N-dealkylation sites (N-methyl/N-ethyl adjacent to an activating group) is 1. The highest BCUT2D eigenvalue weighted by molar-refractivity contribution is 6.17. The molecule has 1 aliphatic rings. The molecule has 0 N–H and O–H groups in total. The fourth-order valence-electron chi connectivity index (χ4n) is 2.92. The molecule has 1 saturated heterocycles. The molecular formula is C17H21ClN2O. The van der Waals surface area contributed by atoms with E-state index in [9.17, 15) is 0 Å². The predicted molar refractivity (Wildman–Crippen MR) is 88.2 cm³/mol. The number of benzene rings is 1. The summed E-state index contributed by atoms with van der Waals surface area (Å²) in [6, 6.07) is 10.3. The van der Waals surface area contributed by atoms with E-state index < -0.39 is 0 Å². The number of ether oxygens (including phenoxy) is 1. The molecular weight excluding hydrogens is 284 g/mol. The Bertz CT molecular complexity index is 611. The van der Waals surface area contributed by atoms with E-state index in [1.54, 1.807) is 0 Å². The van der Waals surface area contributed by atoms with Gasteiger partial charge >= 0.3 is 0 Å². The van der Waals surface area contributed by atoms with Crippen LogP contribution in [0.25, 0.3) is 10.9 Å². The first-order valence-electron chi connectivity index (χ1n) is 7.63. The Morgan fingerprint density at radius 1 is 1.38 bits per heavy atom. The number of hydrogen-bond donors (Lipinski definition) is 0. The molecule has 112 valence electrons. The van der Waals surface area contributed by atoms with Gasteiger partial charge in [-0.3, -0.25) is 0 Å². The van der Waals surface area contributed by atoms with Gasteiger partial charge in [0.2, 0.25) is 0 Å². The minimum atomic E-state index is 0.321. The third-order valence-electron chi connectivity index (χ3n) is 4.05. The number of pyridine rings is 1. The van der Waals surface area contributed by atoms with Gasteiger partial charge in [0.15, 0.2) is 0 Å². The van der Waals surface area contributed by atoms with Gasteiger partial charge in [-0.25, -0.2) is 4.98 Å². The quantitative estimate of drug-likeness (QED) is 0.781. The van der Waals surface area contributed by atoms with Gasteiger partial charge in [-0.2, -0.15) is 0 Å². The van der Waals surface area contributed by atoms with Crippen LogP contribution in [-0.4, -0.2) is 30.8 Å². The van der Waals surface area contributed by atoms with Crippen molar-refractivity contribution in [2.75, 3.05) is 24.6 Å². The van der Waals surface area contributed by atoms with Gasteiger partial charge in [0, 0.05) is 30.6 Å². The highest BCUT2D eigenvalue weighted by atomic mass is 35.5. The Kier molecular flexibility index (Phi) is 4.61. The van der Waals surface area contributed by atoms with Gasteiger partial charge in [-0.15, -0.1) is 11.6 Å². The van der Waals surface area contributed by atoms with Crippen LogP contribution in [-0.2, 0) is 10.6 Å². The lowest BCUT2D eigenvalue weighted by Gasteiger charge is -2.27. The summed E-state index contributed by atoms with van der Waals surface area (Å²) in [4.78, 5) is 7.14. The molecule has 1 atom stereocenters. The summed E-state index contributed by atoms with van der Waals surface area (Å²) in [6.07, 6.45) is 2.62. The molecule has 1 fully saturated rings. The number of para-hydroxylation sites is 1. The zero-order valence-electron chi connectivity index (χ0n) is 12.4. The summed E-state index contributed by atoms with van der Waals surface area (Å²) < 4.78 is 5.77. The summed E-state index contributed by atoms with van der Waals surface area (Å²) in [6.45, 7) is 4.85. The molecule has 1 aromatic carbocycles. The third kappa shape index (κ3) is 3.14. The number of fused-ring (bicyclic) bond motifs is 1. The molecule has 0 spiro atoms. The van der Waals surface area contributed by atoms with Crippen LogP contribution in [0.5, 0.6) is 0 Å². The van der Waals surface area contributed by atoms with Crippen LogP contribution in [0, 0.1) is 0 Å². The number of hydrogen-bond acceptors (Lipinski definition) is 3. The second-order valence-corrected chi connectivity index (χ2v) is 5.74. The minimum absolute atomic E-state index is 0.321. The third-order valence-corrected chi connectivity index (χ3v) is 4.34. The Morgan fingerprint density at radius 3 is 2.95 bits per heavy atom. The second kappa shape index (κ2) is 6.63. The predicted octanol–water partition coefficient (Wildman–Crippen LogP) is 3.98. The van der Waals surface area contributed by atoms with Crippen molar-refractivity contribution >= 4 is 28.3 Å². The number of aromatic nitrogens is 1. The van der Waals surface area contributed by atoms with Crippen molar-refractivity contribution in [2.24, 2.45) is 0 Å². The van der Waals surface area contributed by atoms with Crippen molar-refractivity contribution in [1.29, 1.82) is 0 Å². The summed E-state index contributed by atoms with van der Waals surface area (Å²) >= 11 is 6.15. The largest absolute Gasteiger partial charge is 0.376 e. The van der Waals surface area contributed by atoms with E-state index in [4.69, 9.17) is 21.3 Å². The highest BCUT2D eigenvalue weighted by Crippen LogP contribution is 2.26. The number of alkyl halides is 1. The van der Waals surface area contributed by atoms with Crippen LogP contribution in [0.4, 0.5) is 5.82 Å². The van der Waals surface area contributed by atoms with Gasteiger partial charge in [0.05, 0.1) is 17.5 Å². The first-order valence-corrected chi connectivity index (χ1v) is 8.16. The van der Waals surface area contributed by atoms with Gasteiger partial charge < -0.3 is 9.64 Å². The van der Waals surface area contributed by atoms with Crippen molar-refractivity contribution in [3.05, 3.63) is 35.9 Å². The molecule has 0 amide bonds. The van der Waals surface area contributed by atoms with Crippen LogP contribution in [0.15, 0.2) is 30.3 Å². The number of anilines is 1. The van der Waals surface area contributed by atoms with Crippen LogP contribution in [0.3, 0.4) is 0 Å².